The molecule has 6 heteroatoms. The van der Waals surface area contributed by atoms with Gasteiger partial charge in [-0.25, -0.2) is 0 Å². The Kier molecular flexibility index (Phi) is 5.94. The van der Waals surface area contributed by atoms with Gasteiger partial charge in [-0.15, -0.1) is 0 Å². The van der Waals surface area contributed by atoms with Crippen molar-refractivity contribution in [3.63, 3.8) is 0 Å². The second kappa shape index (κ2) is 8.98. The molecule has 0 unspecified atom stereocenters. The molecule has 1 N–H and O–H groups in total. The number of hydrogen-bond donors (Lipinski definition) is 1. The lowest BCUT2D eigenvalue weighted by molar-refractivity contribution is -0.118. The van der Waals surface area contributed by atoms with E-state index in [-0.39, 0.29) is 23.7 Å². The van der Waals surface area contributed by atoms with Gasteiger partial charge in [-0.05, 0) is 67.8 Å². The molecule has 32 heavy (non-hydrogen) atoms. The highest BCUT2D eigenvalue weighted by atomic mass is 16.5. The zero-order valence-corrected chi connectivity index (χ0v) is 18.1. The van der Waals surface area contributed by atoms with E-state index in [1.165, 1.54) is 6.26 Å². The molecule has 0 atom stereocenters. The van der Waals surface area contributed by atoms with Gasteiger partial charge in [0.05, 0.1) is 5.39 Å². The number of benzene rings is 3. The fourth-order valence-corrected chi connectivity index (χ4v) is 3.42. The topological polar surface area (TPSA) is 77.8 Å². The molecule has 0 aliphatic carbocycles. The molecule has 1 amide bonds. The van der Waals surface area contributed by atoms with Crippen molar-refractivity contribution in [2.24, 2.45) is 0 Å². The summed E-state index contributed by atoms with van der Waals surface area (Å²) < 4.78 is 16.9. The Hall–Kier alpha value is -4.06. The molecule has 0 fully saturated rings. The van der Waals surface area contributed by atoms with Crippen molar-refractivity contribution in [3.8, 4) is 17.2 Å². The molecule has 0 saturated heterocycles. The van der Waals surface area contributed by atoms with Gasteiger partial charge in [-0.1, -0.05) is 24.3 Å². The van der Waals surface area contributed by atoms with E-state index in [0.717, 1.165) is 22.4 Å². The van der Waals surface area contributed by atoms with Crippen LogP contribution in [0.15, 0.2) is 76.1 Å². The monoisotopic (exact) mass is 429 g/mol. The van der Waals surface area contributed by atoms with Crippen molar-refractivity contribution >= 4 is 22.6 Å². The van der Waals surface area contributed by atoms with Gasteiger partial charge in [-0.2, -0.15) is 0 Å². The molecule has 162 valence electrons. The Balaban J connectivity index is 1.47. The normalized spacial score (nSPS) is 10.7. The number of nitrogens with one attached hydrogen (secondary N) is 1. The molecule has 4 aromatic rings. The Morgan fingerprint density at radius 3 is 2.44 bits per heavy atom. The smallest absolute Gasteiger partial charge is 0.262 e. The molecular formula is C26H23NO5. The fraction of sp³-hybridized carbons (Fsp3) is 0.154. The molecule has 0 radical (unpaired) electrons. The van der Waals surface area contributed by atoms with Crippen LogP contribution in [0.4, 0.5) is 5.69 Å². The van der Waals surface area contributed by atoms with E-state index >= 15 is 0 Å². The van der Waals surface area contributed by atoms with Crippen LogP contribution in [0, 0.1) is 20.8 Å². The first-order valence-electron chi connectivity index (χ1n) is 10.2. The Morgan fingerprint density at radius 1 is 0.938 bits per heavy atom. The summed E-state index contributed by atoms with van der Waals surface area (Å²) in [5.41, 5.74) is 3.85. The first kappa shape index (κ1) is 21.2. The van der Waals surface area contributed by atoms with Crippen LogP contribution in [0.1, 0.15) is 16.7 Å². The van der Waals surface area contributed by atoms with Crippen molar-refractivity contribution in [3.05, 3.63) is 93.8 Å². The van der Waals surface area contributed by atoms with E-state index in [9.17, 15) is 9.59 Å². The maximum Gasteiger partial charge on any atom is 0.262 e. The maximum absolute atomic E-state index is 12.8. The standard InChI is InChI=1S/C26H23NO5/c1-16-10-17(2)12-20(11-16)32-24-14-31-23-13-19(8-9-21(23)26(24)29)30-15-25(28)27-22-7-5-4-6-18(22)3/h4-14H,15H2,1-3H3,(H,27,28). The number of anilines is 1. The highest BCUT2D eigenvalue weighted by Gasteiger charge is 2.12. The third-order valence-corrected chi connectivity index (χ3v) is 4.93. The van der Waals surface area contributed by atoms with E-state index in [1.54, 1.807) is 18.2 Å². The largest absolute Gasteiger partial charge is 0.484 e. The lowest BCUT2D eigenvalue weighted by atomic mass is 10.1. The van der Waals surface area contributed by atoms with E-state index in [4.69, 9.17) is 13.9 Å². The Bertz CT molecular complexity index is 1340. The van der Waals surface area contributed by atoms with Crippen molar-refractivity contribution in [1.29, 1.82) is 0 Å². The Labute approximate surface area is 185 Å². The van der Waals surface area contributed by atoms with Crippen LogP contribution in [0.25, 0.3) is 11.0 Å². The first-order valence-corrected chi connectivity index (χ1v) is 10.2. The van der Waals surface area contributed by atoms with E-state index < -0.39 is 0 Å². The van der Waals surface area contributed by atoms with Crippen LogP contribution in [0.3, 0.4) is 0 Å². The van der Waals surface area contributed by atoms with Crippen LogP contribution in [0.5, 0.6) is 17.2 Å². The van der Waals surface area contributed by atoms with Crippen LogP contribution in [-0.2, 0) is 4.79 Å². The molecule has 1 heterocycles. The Morgan fingerprint density at radius 2 is 1.69 bits per heavy atom. The van der Waals surface area contributed by atoms with Crippen LogP contribution >= 0.6 is 0 Å². The van der Waals surface area contributed by atoms with Crippen molar-refractivity contribution in [1.82, 2.24) is 0 Å². The summed E-state index contributed by atoms with van der Waals surface area (Å²) in [6.07, 6.45) is 1.29. The lowest BCUT2D eigenvalue weighted by Gasteiger charge is -2.10. The zero-order valence-electron chi connectivity index (χ0n) is 18.1. The third-order valence-electron chi connectivity index (χ3n) is 4.93. The van der Waals surface area contributed by atoms with Crippen molar-refractivity contribution in [2.45, 2.75) is 20.8 Å². The summed E-state index contributed by atoms with van der Waals surface area (Å²) in [6, 6.07) is 18.1. The molecular weight excluding hydrogens is 406 g/mol. The average Bonchev–Trinajstić information content (AvgIpc) is 2.75. The summed E-state index contributed by atoms with van der Waals surface area (Å²) >= 11 is 0. The van der Waals surface area contributed by atoms with Crippen LogP contribution in [-0.4, -0.2) is 12.5 Å². The number of hydrogen-bond acceptors (Lipinski definition) is 5. The molecule has 3 aromatic carbocycles. The summed E-state index contributed by atoms with van der Waals surface area (Å²) in [5, 5.41) is 3.18. The first-order chi connectivity index (χ1) is 15.4. The predicted molar refractivity (Wildman–Crippen MR) is 124 cm³/mol. The number of rotatable bonds is 6. The number of fused-ring (bicyclic) bond motifs is 1. The lowest BCUT2D eigenvalue weighted by Crippen LogP contribution is -2.20. The summed E-state index contributed by atoms with van der Waals surface area (Å²) in [7, 11) is 0. The van der Waals surface area contributed by atoms with Gasteiger partial charge in [0.25, 0.3) is 5.91 Å². The molecule has 1 aromatic heterocycles. The average molecular weight is 429 g/mol. The van der Waals surface area contributed by atoms with Crippen LogP contribution in [0.2, 0.25) is 0 Å². The van der Waals surface area contributed by atoms with Gasteiger partial charge in [0.2, 0.25) is 11.2 Å². The van der Waals surface area contributed by atoms with E-state index in [2.05, 4.69) is 5.32 Å². The second-order valence-electron chi connectivity index (χ2n) is 7.66. The van der Waals surface area contributed by atoms with Gasteiger partial charge in [0.1, 0.15) is 23.3 Å². The number of amides is 1. The summed E-state index contributed by atoms with van der Waals surface area (Å²) in [6.45, 7) is 5.68. The molecule has 4 rings (SSSR count). The number of ether oxygens (including phenoxy) is 2. The van der Waals surface area contributed by atoms with Gasteiger partial charge in [-0.3, -0.25) is 9.59 Å². The number of carbonyl (C=O) groups is 1. The quantitative estimate of drug-likeness (QED) is 0.436. The fourth-order valence-electron chi connectivity index (χ4n) is 3.42. The van der Waals surface area contributed by atoms with E-state index in [1.807, 2.05) is 63.2 Å². The maximum atomic E-state index is 12.8. The van der Waals surface area contributed by atoms with Gasteiger partial charge >= 0.3 is 0 Å². The van der Waals surface area contributed by atoms with Gasteiger partial charge in [0, 0.05) is 11.8 Å². The molecule has 0 saturated carbocycles. The second-order valence-corrected chi connectivity index (χ2v) is 7.66. The highest BCUT2D eigenvalue weighted by molar-refractivity contribution is 5.92. The number of para-hydroxylation sites is 1. The zero-order chi connectivity index (χ0) is 22.7. The molecule has 0 aliphatic heterocycles. The van der Waals surface area contributed by atoms with Crippen molar-refractivity contribution < 1.29 is 18.7 Å². The summed E-state index contributed by atoms with van der Waals surface area (Å²) in [5.74, 6) is 0.823. The van der Waals surface area contributed by atoms with Gasteiger partial charge < -0.3 is 19.2 Å². The van der Waals surface area contributed by atoms with Gasteiger partial charge in [0.15, 0.2) is 6.61 Å². The summed E-state index contributed by atoms with van der Waals surface area (Å²) in [4.78, 5) is 25.0. The molecule has 0 aliphatic rings. The number of aryl methyl sites for hydroxylation is 3. The number of carbonyl (C=O) groups excluding carboxylic acids is 1. The SMILES string of the molecule is Cc1cc(C)cc(Oc2coc3cc(OCC(=O)Nc4ccccc4C)ccc3c2=O)c1. The minimum absolute atomic E-state index is 0.105. The molecule has 0 bridgehead atoms. The predicted octanol–water partition coefficient (Wildman–Crippen LogP) is 5.53. The van der Waals surface area contributed by atoms with E-state index in [0.29, 0.717) is 22.5 Å². The van der Waals surface area contributed by atoms with Crippen LogP contribution < -0.4 is 20.2 Å². The third kappa shape index (κ3) is 4.81. The minimum Gasteiger partial charge on any atom is -0.484 e. The molecule has 0 spiro atoms. The highest BCUT2D eigenvalue weighted by Crippen LogP contribution is 2.25. The minimum atomic E-state index is -0.283. The van der Waals surface area contributed by atoms with Crippen molar-refractivity contribution in [2.75, 3.05) is 11.9 Å². The molecule has 6 nitrogen and oxygen atoms in total.